The van der Waals surface area contributed by atoms with Crippen molar-refractivity contribution >= 4 is 12.0 Å². The highest BCUT2D eigenvalue weighted by Gasteiger charge is 2.39. The van der Waals surface area contributed by atoms with Crippen LogP contribution in [0.15, 0.2) is 24.3 Å². The average molecular weight is 389 g/mol. The fourth-order valence-corrected chi connectivity index (χ4v) is 4.65. The molecule has 1 saturated heterocycles. The number of amides is 2. The fraction of sp³-hybridized carbons (Fsp3) is 0.636. The van der Waals surface area contributed by atoms with Crippen LogP contribution >= 0.6 is 0 Å². The molecule has 0 radical (unpaired) electrons. The summed E-state index contributed by atoms with van der Waals surface area (Å²) in [4.78, 5) is 26.5. The zero-order valence-electron chi connectivity index (χ0n) is 17.0. The largest absolute Gasteiger partial charge is 0.496 e. The minimum Gasteiger partial charge on any atom is -0.496 e. The molecule has 0 aromatic heterocycles. The molecular formula is C22H32N2O4. The van der Waals surface area contributed by atoms with Crippen molar-refractivity contribution in [3.8, 4) is 5.75 Å². The van der Waals surface area contributed by atoms with Crippen LogP contribution in [-0.4, -0.2) is 50.3 Å². The second kappa shape index (κ2) is 9.30. The normalized spacial score (nSPS) is 21.2. The van der Waals surface area contributed by atoms with E-state index in [1.807, 2.05) is 18.2 Å². The Balaban J connectivity index is 1.65. The number of para-hydroxylation sites is 1. The van der Waals surface area contributed by atoms with Gasteiger partial charge in [0.15, 0.2) is 0 Å². The standard InChI is InChI=1S/C22H32N2O4/c1-3-28-21(26)24-14-8-9-17(15-24)20(25)23-16-22(12-6-7-13-22)18-10-4-5-11-19(18)27-2/h4-5,10-11,17H,3,6-9,12-16H2,1-2H3,(H,23,25). The summed E-state index contributed by atoms with van der Waals surface area (Å²) < 4.78 is 10.7. The quantitative estimate of drug-likeness (QED) is 0.810. The number of nitrogens with zero attached hydrogens (tertiary/aromatic N) is 1. The number of hydrogen-bond donors (Lipinski definition) is 1. The van der Waals surface area contributed by atoms with Crippen molar-refractivity contribution in [2.75, 3.05) is 33.4 Å². The summed E-state index contributed by atoms with van der Waals surface area (Å²) in [7, 11) is 1.70. The molecule has 1 aliphatic carbocycles. The molecule has 6 heteroatoms. The van der Waals surface area contributed by atoms with Crippen LogP contribution in [0.3, 0.4) is 0 Å². The van der Waals surface area contributed by atoms with Crippen molar-refractivity contribution < 1.29 is 19.1 Å². The van der Waals surface area contributed by atoms with Gasteiger partial charge in [-0.1, -0.05) is 31.0 Å². The Hall–Kier alpha value is -2.24. The Morgan fingerprint density at radius 1 is 1.21 bits per heavy atom. The van der Waals surface area contributed by atoms with Crippen molar-refractivity contribution in [1.29, 1.82) is 0 Å². The topological polar surface area (TPSA) is 67.9 Å². The van der Waals surface area contributed by atoms with E-state index >= 15 is 0 Å². The molecule has 0 bridgehead atoms. The smallest absolute Gasteiger partial charge is 0.409 e. The lowest BCUT2D eigenvalue weighted by molar-refractivity contribution is -0.126. The third-order valence-electron chi connectivity index (χ3n) is 6.16. The summed E-state index contributed by atoms with van der Waals surface area (Å²) in [5, 5.41) is 3.20. The van der Waals surface area contributed by atoms with E-state index in [-0.39, 0.29) is 23.3 Å². The van der Waals surface area contributed by atoms with Crippen molar-refractivity contribution in [2.24, 2.45) is 5.92 Å². The number of hydrogen-bond acceptors (Lipinski definition) is 4. The predicted molar refractivity (Wildman–Crippen MR) is 107 cm³/mol. The molecule has 2 aliphatic rings. The van der Waals surface area contributed by atoms with E-state index in [0.717, 1.165) is 44.3 Å². The van der Waals surface area contributed by atoms with Crippen molar-refractivity contribution in [1.82, 2.24) is 10.2 Å². The Labute approximate surface area is 167 Å². The Kier molecular flexibility index (Phi) is 6.81. The minimum atomic E-state index is -0.318. The third kappa shape index (κ3) is 4.42. The lowest BCUT2D eigenvalue weighted by Crippen LogP contribution is -2.48. The van der Waals surface area contributed by atoms with Gasteiger partial charge in [-0.05, 0) is 38.7 Å². The Bertz CT molecular complexity index is 685. The van der Waals surface area contributed by atoms with Crippen molar-refractivity contribution in [3.05, 3.63) is 29.8 Å². The van der Waals surface area contributed by atoms with Gasteiger partial charge in [0.2, 0.25) is 5.91 Å². The molecule has 2 amide bonds. The molecule has 154 valence electrons. The van der Waals surface area contributed by atoms with Crippen molar-refractivity contribution in [3.63, 3.8) is 0 Å². The van der Waals surface area contributed by atoms with E-state index in [9.17, 15) is 9.59 Å². The van der Waals surface area contributed by atoms with Crippen LogP contribution in [0, 0.1) is 5.92 Å². The average Bonchev–Trinajstić information content (AvgIpc) is 3.22. The summed E-state index contributed by atoms with van der Waals surface area (Å²) >= 11 is 0. The van der Waals surface area contributed by atoms with Gasteiger partial charge in [0, 0.05) is 30.6 Å². The fourth-order valence-electron chi connectivity index (χ4n) is 4.65. The van der Waals surface area contributed by atoms with E-state index in [0.29, 0.717) is 26.2 Å². The lowest BCUT2D eigenvalue weighted by atomic mass is 9.78. The van der Waals surface area contributed by atoms with Gasteiger partial charge in [0.25, 0.3) is 0 Å². The van der Waals surface area contributed by atoms with E-state index in [1.54, 1.807) is 18.9 Å². The zero-order valence-corrected chi connectivity index (χ0v) is 17.0. The summed E-state index contributed by atoms with van der Waals surface area (Å²) in [6.45, 7) is 3.86. The van der Waals surface area contributed by atoms with Crippen LogP contribution in [0.4, 0.5) is 4.79 Å². The Morgan fingerprint density at radius 2 is 1.96 bits per heavy atom. The first-order valence-corrected chi connectivity index (χ1v) is 10.4. The SMILES string of the molecule is CCOC(=O)N1CCCC(C(=O)NCC2(c3ccccc3OC)CCCC2)C1. The Morgan fingerprint density at radius 3 is 2.68 bits per heavy atom. The molecule has 1 unspecified atom stereocenters. The lowest BCUT2D eigenvalue weighted by Gasteiger charge is -2.34. The summed E-state index contributed by atoms with van der Waals surface area (Å²) in [6.07, 6.45) is 5.74. The molecular weight excluding hydrogens is 356 g/mol. The molecule has 2 fully saturated rings. The van der Waals surface area contributed by atoms with Gasteiger partial charge in [0.05, 0.1) is 19.6 Å². The van der Waals surface area contributed by atoms with Gasteiger partial charge in [0.1, 0.15) is 5.75 Å². The molecule has 1 atom stereocenters. The third-order valence-corrected chi connectivity index (χ3v) is 6.16. The van der Waals surface area contributed by atoms with Crippen LogP contribution in [0.25, 0.3) is 0 Å². The first-order valence-electron chi connectivity index (χ1n) is 10.4. The molecule has 1 aromatic carbocycles. The van der Waals surface area contributed by atoms with Gasteiger partial charge in [-0.25, -0.2) is 4.79 Å². The first kappa shape index (κ1) is 20.5. The van der Waals surface area contributed by atoms with Crippen LogP contribution < -0.4 is 10.1 Å². The second-order valence-electron chi connectivity index (χ2n) is 7.89. The molecule has 1 saturated carbocycles. The summed E-state index contributed by atoms with van der Waals surface area (Å²) in [5.74, 6) is 0.759. The number of ether oxygens (including phenoxy) is 2. The highest BCUT2D eigenvalue weighted by molar-refractivity contribution is 5.80. The molecule has 1 aromatic rings. The maximum absolute atomic E-state index is 12.9. The van der Waals surface area contributed by atoms with E-state index < -0.39 is 0 Å². The number of carbonyl (C=O) groups is 2. The van der Waals surface area contributed by atoms with E-state index in [4.69, 9.17) is 9.47 Å². The maximum Gasteiger partial charge on any atom is 0.409 e. The number of piperidine rings is 1. The van der Waals surface area contributed by atoms with E-state index in [1.165, 1.54) is 5.56 Å². The molecule has 1 N–H and O–H groups in total. The number of carbonyl (C=O) groups excluding carboxylic acids is 2. The van der Waals surface area contributed by atoms with Crippen LogP contribution in [0.1, 0.15) is 51.0 Å². The zero-order chi connectivity index (χ0) is 20.0. The molecule has 0 spiro atoms. The van der Waals surface area contributed by atoms with Crippen LogP contribution in [-0.2, 0) is 14.9 Å². The van der Waals surface area contributed by atoms with Gasteiger partial charge in [-0.15, -0.1) is 0 Å². The van der Waals surface area contributed by atoms with Gasteiger partial charge >= 0.3 is 6.09 Å². The van der Waals surface area contributed by atoms with Gasteiger partial charge in [-0.2, -0.15) is 0 Å². The minimum absolute atomic E-state index is 0.0372. The van der Waals surface area contributed by atoms with Crippen LogP contribution in [0.5, 0.6) is 5.75 Å². The highest BCUT2D eigenvalue weighted by Crippen LogP contribution is 2.44. The number of likely N-dealkylation sites (tertiary alicyclic amines) is 1. The monoisotopic (exact) mass is 388 g/mol. The summed E-state index contributed by atoms with van der Waals surface area (Å²) in [5.41, 5.74) is 1.12. The van der Waals surface area contributed by atoms with Crippen molar-refractivity contribution in [2.45, 2.75) is 50.9 Å². The van der Waals surface area contributed by atoms with Gasteiger partial charge in [-0.3, -0.25) is 4.79 Å². The number of benzene rings is 1. The number of nitrogens with one attached hydrogen (secondary N) is 1. The molecule has 1 heterocycles. The first-order chi connectivity index (χ1) is 13.6. The summed E-state index contributed by atoms with van der Waals surface area (Å²) in [6, 6.07) is 8.14. The van der Waals surface area contributed by atoms with E-state index in [2.05, 4.69) is 11.4 Å². The molecule has 6 nitrogen and oxygen atoms in total. The highest BCUT2D eigenvalue weighted by atomic mass is 16.6. The van der Waals surface area contributed by atoms with Gasteiger partial charge < -0.3 is 19.7 Å². The predicted octanol–water partition coefficient (Wildman–Crippen LogP) is 3.49. The number of methoxy groups -OCH3 is 1. The second-order valence-corrected chi connectivity index (χ2v) is 7.89. The van der Waals surface area contributed by atoms with Crippen LogP contribution in [0.2, 0.25) is 0 Å². The number of rotatable bonds is 6. The molecule has 1 aliphatic heterocycles. The maximum atomic E-state index is 12.9. The molecule has 3 rings (SSSR count). The molecule has 28 heavy (non-hydrogen) atoms.